The van der Waals surface area contributed by atoms with Gasteiger partial charge in [-0.2, -0.15) is 8.78 Å². The summed E-state index contributed by atoms with van der Waals surface area (Å²) in [6.45, 7) is 4.06. The van der Waals surface area contributed by atoms with Crippen LogP contribution in [-0.4, -0.2) is 46.8 Å². The predicted molar refractivity (Wildman–Crippen MR) is 132 cm³/mol. The highest BCUT2D eigenvalue weighted by atomic mass is 19.3. The standard InChI is InChI=1S/C27H29F2N3O5/c1-17-21(15-19-10-6-7-12-22(19)36-25(28)29)32-16-18(13-14-23(32)30-17)9-8-11-20(24(33)35-5)31-26(34)37-27(2,3)4/h6-7,10,12-14,16,20,25H,11,15H2,1-5H3,(H,31,34)/t20-/m0/s1. The van der Waals surface area contributed by atoms with Crippen molar-refractivity contribution in [1.29, 1.82) is 0 Å². The lowest BCUT2D eigenvalue weighted by Gasteiger charge is -2.21. The largest absolute Gasteiger partial charge is 0.467 e. The van der Waals surface area contributed by atoms with Gasteiger partial charge in [-0.1, -0.05) is 30.0 Å². The second-order valence-corrected chi connectivity index (χ2v) is 9.18. The third-order valence-electron chi connectivity index (χ3n) is 5.18. The third-order valence-corrected chi connectivity index (χ3v) is 5.18. The Labute approximate surface area is 213 Å². The van der Waals surface area contributed by atoms with E-state index in [1.807, 2.05) is 11.3 Å². The number of imidazole rings is 1. The van der Waals surface area contributed by atoms with Crippen LogP contribution in [0.5, 0.6) is 5.75 Å². The van der Waals surface area contributed by atoms with Crippen molar-refractivity contribution in [2.45, 2.75) is 58.8 Å². The molecule has 1 aromatic carbocycles. The quantitative estimate of drug-likeness (QED) is 0.366. The lowest BCUT2D eigenvalue weighted by atomic mass is 10.1. The first kappa shape index (κ1) is 27.5. The number of methoxy groups -OCH3 is 1. The fourth-order valence-electron chi connectivity index (χ4n) is 3.58. The number of nitrogens with zero attached hydrogens (tertiary/aromatic N) is 2. The molecular weight excluding hydrogens is 484 g/mol. The maximum Gasteiger partial charge on any atom is 0.408 e. The smallest absolute Gasteiger partial charge is 0.408 e. The molecule has 0 fully saturated rings. The number of alkyl carbamates (subject to hydrolysis) is 1. The van der Waals surface area contributed by atoms with Gasteiger partial charge in [0.05, 0.1) is 12.8 Å². The number of benzene rings is 1. The molecule has 0 aliphatic carbocycles. The fourth-order valence-corrected chi connectivity index (χ4v) is 3.58. The number of nitrogens with one attached hydrogen (secondary N) is 1. The van der Waals surface area contributed by atoms with Crippen LogP contribution in [-0.2, 0) is 20.7 Å². The van der Waals surface area contributed by atoms with Crippen molar-refractivity contribution in [3.05, 3.63) is 65.1 Å². The molecule has 2 heterocycles. The highest BCUT2D eigenvalue weighted by Gasteiger charge is 2.24. The Balaban J connectivity index is 1.83. The van der Waals surface area contributed by atoms with E-state index in [0.29, 0.717) is 23.2 Å². The number of hydrogen-bond donors (Lipinski definition) is 1. The van der Waals surface area contributed by atoms with Crippen LogP contribution in [0.1, 0.15) is 49.7 Å². The first-order valence-corrected chi connectivity index (χ1v) is 11.5. The second kappa shape index (κ2) is 11.7. The number of rotatable bonds is 7. The van der Waals surface area contributed by atoms with Crippen molar-refractivity contribution in [2.75, 3.05) is 7.11 Å². The van der Waals surface area contributed by atoms with Gasteiger partial charge >= 0.3 is 18.7 Å². The van der Waals surface area contributed by atoms with Crippen LogP contribution in [0.25, 0.3) is 5.65 Å². The van der Waals surface area contributed by atoms with Crippen LogP contribution in [0.3, 0.4) is 0 Å². The number of alkyl halides is 2. The lowest BCUT2D eigenvalue weighted by Crippen LogP contribution is -2.43. The molecule has 0 saturated carbocycles. The molecule has 196 valence electrons. The molecule has 0 aliphatic rings. The van der Waals surface area contributed by atoms with E-state index in [-0.39, 0.29) is 12.2 Å². The number of esters is 1. The summed E-state index contributed by atoms with van der Waals surface area (Å²) in [5.41, 5.74) is 2.71. The van der Waals surface area contributed by atoms with Gasteiger partial charge in [-0.15, -0.1) is 0 Å². The summed E-state index contributed by atoms with van der Waals surface area (Å²) in [5.74, 6) is 5.34. The Morgan fingerprint density at radius 1 is 1.16 bits per heavy atom. The van der Waals surface area contributed by atoms with E-state index in [2.05, 4.69) is 26.9 Å². The summed E-state index contributed by atoms with van der Waals surface area (Å²) in [4.78, 5) is 28.8. The van der Waals surface area contributed by atoms with Gasteiger partial charge in [-0.25, -0.2) is 14.6 Å². The third kappa shape index (κ3) is 7.67. The molecule has 3 rings (SSSR count). The van der Waals surface area contributed by atoms with Gasteiger partial charge in [0.25, 0.3) is 0 Å². The first-order valence-electron chi connectivity index (χ1n) is 11.5. The van der Waals surface area contributed by atoms with Crippen molar-refractivity contribution in [3.63, 3.8) is 0 Å². The van der Waals surface area contributed by atoms with Gasteiger partial charge < -0.3 is 23.9 Å². The molecule has 37 heavy (non-hydrogen) atoms. The van der Waals surface area contributed by atoms with Gasteiger partial charge in [0, 0.05) is 35.9 Å². The molecule has 0 saturated heterocycles. The maximum absolute atomic E-state index is 12.8. The topological polar surface area (TPSA) is 91.2 Å². The minimum atomic E-state index is -2.93. The highest BCUT2D eigenvalue weighted by molar-refractivity contribution is 5.81. The lowest BCUT2D eigenvalue weighted by molar-refractivity contribution is -0.143. The molecule has 0 bridgehead atoms. The number of pyridine rings is 1. The monoisotopic (exact) mass is 513 g/mol. The molecule has 3 aromatic rings. The fraction of sp³-hybridized carbons (Fsp3) is 0.370. The van der Waals surface area contributed by atoms with Gasteiger partial charge in [0.1, 0.15) is 23.0 Å². The Kier molecular flexibility index (Phi) is 8.71. The number of fused-ring (bicyclic) bond motifs is 1. The van der Waals surface area contributed by atoms with Crippen molar-refractivity contribution in [3.8, 4) is 17.6 Å². The number of aromatic nitrogens is 2. The van der Waals surface area contributed by atoms with E-state index in [4.69, 9.17) is 9.47 Å². The molecule has 0 aliphatic heterocycles. The zero-order chi connectivity index (χ0) is 27.2. The minimum Gasteiger partial charge on any atom is -0.467 e. The molecule has 0 radical (unpaired) electrons. The van der Waals surface area contributed by atoms with E-state index in [1.165, 1.54) is 13.2 Å². The van der Waals surface area contributed by atoms with Crippen LogP contribution in [0.15, 0.2) is 42.6 Å². The molecule has 2 aromatic heterocycles. The van der Waals surface area contributed by atoms with E-state index < -0.39 is 30.3 Å². The van der Waals surface area contributed by atoms with E-state index in [1.54, 1.807) is 57.3 Å². The second-order valence-electron chi connectivity index (χ2n) is 9.18. The number of ether oxygens (including phenoxy) is 3. The van der Waals surface area contributed by atoms with Crippen molar-refractivity contribution < 1.29 is 32.6 Å². The Bertz CT molecular complexity index is 1340. The van der Waals surface area contributed by atoms with Crippen molar-refractivity contribution in [2.24, 2.45) is 0 Å². The predicted octanol–water partition coefficient (Wildman–Crippen LogP) is 4.64. The van der Waals surface area contributed by atoms with Gasteiger partial charge in [0.15, 0.2) is 0 Å². The number of para-hydroxylation sites is 1. The van der Waals surface area contributed by atoms with Crippen LogP contribution < -0.4 is 10.1 Å². The molecule has 1 amide bonds. The average molecular weight is 514 g/mol. The van der Waals surface area contributed by atoms with Crippen LogP contribution >= 0.6 is 0 Å². The molecule has 1 N–H and O–H groups in total. The molecule has 1 atom stereocenters. The SMILES string of the molecule is COC(=O)[C@H](CC#Cc1ccc2nc(C)c(Cc3ccccc3OC(F)F)n2c1)NC(=O)OC(C)(C)C. The zero-order valence-electron chi connectivity index (χ0n) is 21.3. The molecule has 0 unspecified atom stereocenters. The van der Waals surface area contributed by atoms with E-state index in [9.17, 15) is 18.4 Å². The van der Waals surface area contributed by atoms with E-state index in [0.717, 1.165) is 11.4 Å². The number of aryl methyl sites for hydroxylation is 1. The number of carbonyl (C=O) groups is 2. The number of hydrogen-bond acceptors (Lipinski definition) is 6. The molecule has 8 nitrogen and oxygen atoms in total. The zero-order valence-corrected chi connectivity index (χ0v) is 21.3. The molecule has 0 spiro atoms. The van der Waals surface area contributed by atoms with Gasteiger partial charge in [-0.05, 0) is 45.9 Å². The Morgan fingerprint density at radius 3 is 2.57 bits per heavy atom. The number of amides is 1. The first-order chi connectivity index (χ1) is 17.5. The van der Waals surface area contributed by atoms with Gasteiger partial charge in [0.2, 0.25) is 0 Å². The number of carbonyl (C=O) groups excluding carboxylic acids is 2. The summed E-state index contributed by atoms with van der Waals surface area (Å²) in [5, 5.41) is 2.48. The summed E-state index contributed by atoms with van der Waals surface area (Å²) < 4.78 is 42.2. The van der Waals surface area contributed by atoms with Crippen molar-refractivity contribution >= 4 is 17.7 Å². The van der Waals surface area contributed by atoms with Crippen molar-refractivity contribution in [1.82, 2.24) is 14.7 Å². The average Bonchev–Trinajstić information content (AvgIpc) is 3.12. The van der Waals surface area contributed by atoms with Crippen LogP contribution in [0, 0.1) is 18.8 Å². The normalized spacial score (nSPS) is 12.0. The minimum absolute atomic E-state index is 0.00188. The Hall–Kier alpha value is -4.13. The summed E-state index contributed by atoms with van der Waals surface area (Å²) in [7, 11) is 1.22. The van der Waals surface area contributed by atoms with Crippen LogP contribution in [0.2, 0.25) is 0 Å². The summed E-state index contributed by atoms with van der Waals surface area (Å²) in [6.07, 6.45) is 1.35. The summed E-state index contributed by atoms with van der Waals surface area (Å²) in [6, 6.07) is 9.18. The Morgan fingerprint density at radius 2 is 1.89 bits per heavy atom. The molecular formula is C27H29F2N3O5. The molecule has 10 heteroatoms. The van der Waals surface area contributed by atoms with E-state index >= 15 is 0 Å². The van der Waals surface area contributed by atoms with Gasteiger partial charge in [-0.3, -0.25) is 0 Å². The maximum atomic E-state index is 12.8. The number of halogens is 2. The van der Waals surface area contributed by atoms with Crippen LogP contribution in [0.4, 0.5) is 13.6 Å². The highest BCUT2D eigenvalue weighted by Crippen LogP contribution is 2.25. The summed E-state index contributed by atoms with van der Waals surface area (Å²) >= 11 is 0.